The number of benzene rings is 2. The molecule has 0 spiro atoms. The van der Waals surface area contributed by atoms with Crippen LogP contribution in [0.3, 0.4) is 0 Å². The van der Waals surface area contributed by atoms with E-state index >= 15 is 0 Å². The lowest BCUT2D eigenvalue weighted by atomic mass is 10.0. The van der Waals surface area contributed by atoms with Crippen molar-refractivity contribution in [3.63, 3.8) is 0 Å². The summed E-state index contributed by atoms with van der Waals surface area (Å²) in [5.74, 6) is 3.45. The van der Waals surface area contributed by atoms with E-state index in [2.05, 4.69) is 108 Å². The number of hydrogen-bond acceptors (Lipinski definition) is 0. The molecule has 0 atom stereocenters. The summed E-state index contributed by atoms with van der Waals surface area (Å²) < 4.78 is 2.31. The lowest BCUT2D eigenvalue weighted by Crippen LogP contribution is -2.16. The van der Waals surface area contributed by atoms with Crippen LogP contribution in [-0.2, 0) is 0 Å². The fraction of sp³-hybridized carbons (Fsp3) is 0.130. The van der Waals surface area contributed by atoms with E-state index in [0.717, 1.165) is 5.69 Å². The summed E-state index contributed by atoms with van der Waals surface area (Å²) in [6, 6.07) is 25.8. The van der Waals surface area contributed by atoms with Gasteiger partial charge in [0.05, 0.1) is 16.7 Å². The molecular formula is C23H21NSi. The molecule has 25 heavy (non-hydrogen) atoms. The summed E-state index contributed by atoms with van der Waals surface area (Å²) in [5.41, 5.74) is 9.49. The van der Waals surface area contributed by atoms with E-state index in [-0.39, 0.29) is 0 Å². The van der Waals surface area contributed by atoms with Gasteiger partial charge < -0.3 is 4.40 Å². The first-order valence-corrected chi connectivity index (χ1v) is 12.1. The van der Waals surface area contributed by atoms with Crippen molar-refractivity contribution in [2.45, 2.75) is 19.6 Å². The van der Waals surface area contributed by atoms with Crippen LogP contribution in [0.5, 0.6) is 0 Å². The standard InChI is InChI=1S/C23H21NSi/c1-25(2,3)16-15-20-13-14-23-21(18-9-5-4-6-10-18)17-19-11-7-8-12-22(19)24(20)23/h4-14,17H,1-3H3. The Morgan fingerprint density at radius 2 is 1.48 bits per heavy atom. The minimum Gasteiger partial charge on any atom is -0.302 e. The van der Waals surface area contributed by atoms with Crippen LogP contribution in [0.1, 0.15) is 5.69 Å². The average molecular weight is 340 g/mol. The summed E-state index contributed by atoms with van der Waals surface area (Å²) >= 11 is 0. The monoisotopic (exact) mass is 339 g/mol. The molecule has 2 aromatic heterocycles. The van der Waals surface area contributed by atoms with Gasteiger partial charge in [0.15, 0.2) is 0 Å². The van der Waals surface area contributed by atoms with Gasteiger partial charge >= 0.3 is 0 Å². The Bertz CT molecular complexity index is 1120. The predicted octanol–water partition coefficient (Wildman–Crippen LogP) is 5.99. The number of fused-ring (bicyclic) bond motifs is 3. The van der Waals surface area contributed by atoms with Gasteiger partial charge in [0.2, 0.25) is 0 Å². The maximum atomic E-state index is 3.51. The van der Waals surface area contributed by atoms with Crippen LogP contribution in [0.4, 0.5) is 0 Å². The van der Waals surface area contributed by atoms with Crippen molar-refractivity contribution < 1.29 is 0 Å². The maximum Gasteiger partial charge on any atom is 0.129 e. The van der Waals surface area contributed by atoms with Gasteiger partial charge in [0.25, 0.3) is 0 Å². The molecule has 0 saturated heterocycles. The quantitative estimate of drug-likeness (QED) is 0.296. The van der Waals surface area contributed by atoms with Gasteiger partial charge in [-0.25, -0.2) is 0 Å². The van der Waals surface area contributed by atoms with E-state index in [1.54, 1.807) is 0 Å². The van der Waals surface area contributed by atoms with Crippen molar-refractivity contribution in [1.29, 1.82) is 0 Å². The van der Waals surface area contributed by atoms with Crippen molar-refractivity contribution in [1.82, 2.24) is 4.40 Å². The van der Waals surface area contributed by atoms with Gasteiger partial charge in [0, 0.05) is 5.56 Å². The topological polar surface area (TPSA) is 4.41 Å². The summed E-state index contributed by atoms with van der Waals surface area (Å²) in [5, 5.41) is 1.24. The van der Waals surface area contributed by atoms with Crippen LogP contribution >= 0.6 is 0 Å². The van der Waals surface area contributed by atoms with Crippen molar-refractivity contribution in [2.24, 2.45) is 0 Å². The molecule has 1 nitrogen and oxygen atoms in total. The van der Waals surface area contributed by atoms with E-state index in [4.69, 9.17) is 0 Å². The minimum absolute atomic E-state index is 1.08. The normalized spacial score (nSPS) is 11.5. The van der Waals surface area contributed by atoms with Gasteiger partial charge in [-0.05, 0) is 35.2 Å². The molecular weight excluding hydrogens is 318 g/mol. The number of aromatic nitrogens is 1. The predicted molar refractivity (Wildman–Crippen MR) is 111 cm³/mol. The first-order chi connectivity index (χ1) is 12.0. The van der Waals surface area contributed by atoms with Gasteiger partial charge in [-0.3, -0.25) is 0 Å². The van der Waals surface area contributed by atoms with Gasteiger partial charge in [-0.2, -0.15) is 0 Å². The lowest BCUT2D eigenvalue weighted by Gasteiger charge is -2.11. The Labute approximate surface area is 149 Å². The van der Waals surface area contributed by atoms with E-state index in [1.807, 2.05) is 0 Å². The Morgan fingerprint density at radius 3 is 2.24 bits per heavy atom. The van der Waals surface area contributed by atoms with Gasteiger partial charge in [-0.1, -0.05) is 74.1 Å². The largest absolute Gasteiger partial charge is 0.302 e. The number of pyridine rings is 1. The average Bonchev–Trinajstić information content (AvgIpc) is 3.04. The van der Waals surface area contributed by atoms with Crippen molar-refractivity contribution in [3.8, 4) is 22.6 Å². The van der Waals surface area contributed by atoms with Crippen molar-refractivity contribution in [2.75, 3.05) is 0 Å². The summed E-state index contributed by atoms with van der Waals surface area (Å²) in [6.45, 7) is 6.84. The molecule has 2 heteroatoms. The van der Waals surface area contributed by atoms with Crippen LogP contribution in [0.15, 0.2) is 72.8 Å². The molecule has 4 rings (SSSR count). The van der Waals surface area contributed by atoms with Crippen LogP contribution in [0, 0.1) is 11.5 Å². The molecule has 0 radical (unpaired) electrons. The second-order valence-corrected chi connectivity index (χ2v) is 12.2. The molecule has 0 N–H and O–H groups in total. The van der Waals surface area contributed by atoms with Crippen LogP contribution < -0.4 is 0 Å². The third kappa shape index (κ3) is 2.99. The molecule has 0 aliphatic carbocycles. The van der Waals surface area contributed by atoms with Crippen LogP contribution in [0.2, 0.25) is 19.6 Å². The molecule has 2 aromatic carbocycles. The molecule has 0 fully saturated rings. The van der Waals surface area contributed by atoms with E-state index < -0.39 is 8.07 Å². The van der Waals surface area contributed by atoms with E-state index in [1.165, 1.54) is 27.5 Å². The third-order valence-corrected chi connectivity index (χ3v) is 5.16. The Hall–Kier alpha value is -2.76. The maximum absolute atomic E-state index is 3.51. The van der Waals surface area contributed by atoms with Crippen molar-refractivity contribution in [3.05, 3.63) is 78.5 Å². The fourth-order valence-electron chi connectivity index (χ4n) is 3.15. The zero-order valence-electron chi connectivity index (χ0n) is 14.9. The summed E-state index contributed by atoms with van der Waals surface area (Å²) in [6.07, 6.45) is 0. The zero-order valence-corrected chi connectivity index (χ0v) is 15.9. The van der Waals surface area contributed by atoms with E-state index in [9.17, 15) is 0 Å². The highest BCUT2D eigenvalue weighted by Gasteiger charge is 2.12. The van der Waals surface area contributed by atoms with Gasteiger partial charge in [-0.15, -0.1) is 5.54 Å². The van der Waals surface area contributed by atoms with Gasteiger partial charge in [0.1, 0.15) is 8.07 Å². The number of rotatable bonds is 1. The fourth-order valence-corrected chi connectivity index (χ4v) is 3.65. The Morgan fingerprint density at radius 1 is 0.760 bits per heavy atom. The molecule has 0 saturated carbocycles. The number of nitrogens with zero attached hydrogens (tertiary/aromatic N) is 1. The molecule has 0 amide bonds. The SMILES string of the molecule is C[Si](C)(C)C#Cc1ccc2c(-c3ccccc3)cc3ccccc3n12. The first-order valence-electron chi connectivity index (χ1n) is 8.65. The van der Waals surface area contributed by atoms with Crippen LogP contribution in [-0.4, -0.2) is 12.5 Å². The Kier molecular flexibility index (Phi) is 3.75. The second kappa shape index (κ2) is 5.95. The third-order valence-electron chi connectivity index (χ3n) is 4.28. The zero-order chi connectivity index (χ0) is 17.4. The molecule has 0 aliphatic heterocycles. The molecule has 2 heterocycles. The number of para-hydroxylation sites is 1. The van der Waals surface area contributed by atoms with Crippen LogP contribution in [0.25, 0.3) is 27.5 Å². The second-order valence-electron chi connectivity index (χ2n) is 7.42. The molecule has 0 unspecified atom stereocenters. The highest BCUT2D eigenvalue weighted by Crippen LogP contribution is 2.31. The highest BCUT2D eigenvalue weighted by molar-refractivity contribution is 6.83. The molecule has 0 bridgehead atoms. The first kappa shape index (κ1) is 15.7. The Balaban J connectivity index is 2.08. The number of hydrogen-bond donors (Lipinski definition) is 0. The lowest BCUT2D eigenvalue weighted by molar-refractivity contribution is 1.24. The smallest absolute Gasteiger partial charge is 0.129 e. The van der Waals surface area contributed by atoms with E-state index in [0.29, 0.717) is 0 Å². The molecule has 4 aromatic rings. The molecule has 122 valence electrons. The summed E-state index contributed by atoms with van der Waals surface area (Å²) in [4.78, 5) is 0. The van der Waals surface area contributed by atoms with Crippen molar-refractivity contribution >= 4 is 24.5 Å². The summed E-state index contributed by atoms with van der Waals surface area (Å²) in [7, 11) is -1.42. The highest BCUT2D eigenvalue weighted by atomic mass is 28.3. The molecule has 0 aliphatic rings. The minimum atomic E-state index is -1.42.